The van der Waals surface area contributed by atoms with E-state index in [4.69, 9.17) is 0 Å². The maximum absolute atomic E-state index is 12.8. The van der Waals surface area contributed by atoms with Crippen molar-refractivity contribution in [2.24, 2.45) is 0 Å². The third kappa shape index (κ3) is 5.37. The summed E-state index contributed by atoms with van der Waals surface area (Å²) >= 11 is 1.48. The summed E-state index contributed by atoms with van der Waals surface area (Å²) in [5.41, 5.74) is 0.598. The van der Waals surface area contributed by atoms with E-state index in [9.17, 15) is 13.2 Å². The van der Waals surface area contributed by atoms with E-state index in [0.717, 1.165) is 30.6 Å². The molecule has 150 valence electrons. The Kier molecular flexibility index (Phi) is 7.15. The number of nitrogens with zero attached hydrogens (tertiary/aromatic N) is 1. The van der Waals surface area contributed by atoms with Crippen LogP contribution in [-0.4, -0.2) is 37.0 Å². The number of hydrogen-bond donors (Lipinski definition) is 1. The normalized spacial score (nSPS) is 16.9. The average Bonchev–Trinajstić information content (AvgIpc) is 2.99. The topological polar surface area (TPSA) is 66.5 Å². The van der Waals surface area contributed by atoms with Gasteiger partial charge in [-0.2, -0.15) is 4.31 Å². The van der Waals surface area contributed by atoms with E-state index in [2.05, 4.69) is 5.32 Å². The second-order valence-corrected chi connectivity index (χ2v) is 10.3. The molecule has 1 aliphatic heterocycles. The second-order valence-electron chi connectivity index (χ2n) is 6.91. The van der Waals surface area contributed by atoms with Crippen molar-refractivity contribution in [2.45, 2.75) is 47.6 Å². The first kappa shape index (κ1) is 20.9. The molecule has 1 heterocycles. The standard InChI is InChI=1S/C21H26N2O3S2/c1-17(27-19-9-5-4-6-10-19)21(24)22-18-11-13-20(14-12-18)28(25,26)23-15-7-2-3-8-16-23/h4-6,9-14,17H,2-3,7-8,15-16H2,1H3,(H,22,24). The fraction of sp³-hybridized carbons (Fsp3) is 0.381. The molecule has 1 aliphatic rings. The molecule has 2 aromatic rings. The molecule has 0 aliphatic carbocycles. The molecule has 1 saturated heterocycles. The van der Waals surface area contributed by atoms with Crippen LogP contribution in [0.15, 0.2) is 64.4 Å². The number of sulfonamides is 1. The lowest BCUT2D eigenvalue weighted by Gasteiger charge is -2.20. The predicted molar refractivity (Wildman–Crippen MR) is 114 cm³/mol. The highest BCUT2D eigenvalue weighted by Gasteiger charge is 2.25. The molecule has 2 aromatic carbocycles. The summed E-state index contributed by atoms with van der Waals surface area (Å²) < 4.78 is 27.2. The van der Waals surface area contributed by atoms with Gasteiger partial charge >= 0.3 is 0 Å². The van der Waals surface area contributed by atoms with Crippen LogP contribution in [0.2, 0.25) is 0 Å². The summed E-state index contributed by atoms with van der Waals surface area (Å²) in [5, 5.41) is 2.60. The van der Waals surface area contributed by atoms with Crippen molar-refractivity contribution in [2.75, 3.05) is 18.4 Å². The molecule has 0 aromatic heterocycles. The number of amides is 1. The molecular formula is C21H26N2O3S2. The first-order chi connectivity index (χ1) is 13.5. The molecule has 5 nitrogen and oxygen atoms in total. The van der Waals surface area contributed by atoms with Crippen LogP contribution in [0, 0.1) is 0 Å². The first-order valence-corrected chi connectivity index (χ1v) is 11.9. The highest BCUT2D eigenvalue weighted by atomic mass is 32.2. The van der Waals surface area contributed by atoms with E-state index >= 15 is 0 Å². The van der Waals surface area contributed by atoms with Crippen molar-refractivity contribution in [3.05, 3.63) is 54.6 Å². The van der Waals surface area contributed by atoms with Gasteiger partial charge in [-0.05, 0) is 56.2 Å². The summed E-state index contributed by atoms with van der Waals surface area (Å²) in [6, 6.07) is 16.2. The van der Waals surface area contributed by atoms with Crippen LogP contribution < -0.4 is 5.32 Å². The Bertz CT molecular complexity index is 876. The number of hydrogen-bond acceptors (Lipinski definition) is 4. The van der Waals surface area contributed by atoms with Crippen molar-refractivity contribution < 1.29 is 13.2 Å². The minimum absolute atomic E-state index is 0.114. The summed E-state index contributed by atoms with van der Waals surface area (Å²) in [7, 11) is -3.47. The lowest BCUT2D eigenvalue weighted by atomic mass is 10.2. The van der Waals surface area contributed by atoms with E-state index in [1.54, 1.807) is 28.6 Å². The first-order valence-electron chi connectivity index (χ1n) is 9.59. The Hall–Kier alpha value is -1.83. The Morgan fingerprint density at radius 1 is 0.964 bits per heavy atom. The van der Waals surface area contributed by atoms with Crippen LogP contribution in [0.3, 0.4) is 0 Å². The van der Waals surface area contributed by atoms with Gasteiger partial charge in [-0.3, -0.25) is 4.79 Å². The van der Waals surface area contributed by atoms with Crippen LogP contribution in [0.1, 0.15) is 32.6 Å². The predicted octanol–water partition coefficient (Wildman–Crippen LogP) is 4.37. The molecule has 3 rings (SSSR count). The zero-order valence-corrected chi connectivity index (χ0v) is 17.6. The molecule has 0 saturated carbocycles. The Labute approximate surface area is 171 Å². The summed E-state index contributed by atoms with van der Waals surface area (Å²) in [4.78, 5) is 13.7. The molecule has 7 heteroatoms. The van der Waals surface area contributed by atoms with Crippen LogP contribution in [0.4, 0.5) is 5.69 Å². The Balaban J connectivity index is 1.62. The lowest BCUT2D eigenvalue weighted by molar-refractivity contribution is -0.115. The third-order valence-electron chi connectivity index (χ3n) is 4.75. The van der Waals surface area contributed by atoms with Gasteiger partial charge in [-0.25, -0.2) is 8.42 Å². The molecule has 1 atom stereocenters. The molecule has 0 radical (unpaired) electrons. The zero-order valence-electron chi connectivity index (χ0n) is 16.0. The number of thioether (sulfide) groups is 1. The highest BCUT2D eigenvalue weighted by Crippen LogP contribution is 2.25. The van der Waals surface area contributed by atoms with Crippen molar-refractivity contribution in [3.63, 3.8) is 0 Å². The highest BCUT2D eigenvalue weighted by molar-refractivity contribution is 8.00. The molecule has 1 unspecified atom stereocenters. The molecule has 28 heavy (non-hydrogen) atoms. The van der Waals surface area contributed by atoms with Crippen LogP contribution in [0.25, 0.3) is 0 Å². The molecule has 0 spiro atoms. The number of carbonyl (C=O) groups excluding carboxylic acids is 1. The van der Waals surface area contributed by atoms with E-state index in [1.165, 1.54) is 11.8 Å². The van der Waals surface area contributed by atoms with E-state index in [0.29, 0.717) is 18.8 Å². The molecule has 1 N–H and O–H groups in total. The van der Waals surface area contributed by atoms with Crippen LogP contribution >= 0.6 is 11.8 Å². The van der Waals surface area contributed by atoms with Gasteiger partial charge in [0, 0.05) is 23.7 Å². The van der Waals surface area contributed by atoms with Gasteiger partial charge in [-0.15, -0.1) is 11.8 Å². The SMILES string of the molecule is CC(Sc1ccccc1)C(=O)Nc1ccc(S(=O)(=O)N2CCCCCC2)cc1. The van der Waals surface area contributed by atoms with Crippen molar-refractivity contribution in [3.8, 4) is 0 Å². The van der Waals surface area contributed by atoms with Gasteiger partial charge in [0.05, 0.1) is 10.1 Å². The number of benzene rings is 2. The van der Waals surface area contributed by atoms with Gasteiger partial charge < -0.3 is 5.32 Å². The average molecular weight is 419 g/mol. The molecule has 1 fully saturated rings. The largest absolute Gasteiger partial charge is 0.325 e. The Morgan fingerprint density at radius 2 is 1.57 bits per heavy atom. The number of rotatable bonds is 6. The number of carbonyl (C=O) groups is 1. The maximum atomic E-state index is 12.8. The minimum Gasteiger partial charge on any atom is -0.325 e. The number of nitrogens with one attached hydrogen (secondary N) is 1. The third-order valence-corrected chi connectivity index (χ3v) is 7.77. The second kappa shape index (κ2) is 9.58. The van der Waals surface area contributed by atoms with Gasteiger partial charge in [0.2, 0.25) is 15.9 Å². The van der Waals surface area contributed by atoms with Crippen molar-refractivity contribution in [1.82, 2.24) is 4.31 Å². The number of anilines is 1. The fourth-order valence-electron chi connectivity index (χ4n) is 3.14. The van der Waals surface area contributed by atoms with Gasteiger partial charge in [0.25, 0.3) is 0 Å². The van der Waals surface area contributed by atoms with Crippen molar-refractivity contribution in [1.29, 1.82) is 0 Å². The summed E-state index contributed by atoms with van der Waals surface area (Å²) in [6.07, 6.45) is 3.97. The summed E-state index contributed by atoms with van der Waals surface area (Å²) in [5.74, 6) is -0.114. The minimum atomic E-state index is -3.47. The van der Waals surface area contributed by atoms with Crippen molar-refractivity contribution >= 4 is 33.4 Å². The smallest absolute Gasteiger partial charge is 0.243 e. The molecule has 0 bridgehead atoms. The van der Waals surface area contributed by atoms with Gasteiger partial charge in [-0.1, -0.05) is 31.0 Å². The summed E-state index contributed by atoms with van der Waals surface area (Å²) in [6.45, 7) is 3.01. The molecule has 1 amide bonds. The quantitative estimate of drug-likeness (QED) is 0.708. The van der Waals surface area contributed by atoms with E-state index < -0.39 is 10.0 Å². The Morgan fingerprint density at radius 3 is 2.18 bits per heavy atom. The zero-order chi connectivity index (χ0) is 20.0. The maximum Gasteiger partial charge on any atom is 0.243 e. The van der Waals surface area contributed by atoms with E-state index in [1.807, 2.05) is 37.3 Å². The van der Waals surface area contributed by atoms with E-state index in [-0.39, 0.29) is 16.1 Å². The van der Waals surface area contributed by atoms with Gasteiger partial charge in [0.1, 0.15) is 0 Å². The fourth-order valence-corrected chi connectivity index (χ4v) is 5.55. The van der Waals surface area contributed by atoms with Crippen LogP contribution in [-0.2, 0) is 14.8 Å². The van der Waals surface area contributed by atoms with Crippen LogP contribution in [0.5, 0.6) is 0 Å². The molecular weight excluding hydrogens is 392 g/mol. The van der Waals surface area contributed by atoms with Gasteiger partial charge in [0.15, 0.2) is 0 Å². The monoisotopic (exact) mass is 418 g/mol. The lowest BCUT2D eigenvalue weighted by Crippen LogP contribution is -2.31.